The van der Waals surface area contributed by atoms with Crippen LogP contribution in [0.3, 0.4) is 0 Å². The van der Waals surface area contributed by atoms with Gasteiger partial charge in [0, 0.05) is 0 Å². The van der Waals surface area contributed by atoms with E-state index in [0.29, 0.717) is 38.7 Å². The number of halogens is 1. The number of carbonyl (C=O) groups excluding carboxylic acids is 3. The predicted molar refractivity (Wildman–Crippen MR) is 136 cm³/mol. The number of barbiturate groups is 1. The van der Waals surface area contributed by atoms with E-state index in [0.717, 1.165) is 17.7 Å². The number of terminal acetylenes is 1. The summed E-state index contributed by atoms with van der Waals surface area (Å²) in [5.41, 5.74) is 0.633. The van der Waals surface area contributed by atoms with Crippen molar-refractivity contribution in [1.82, 2.24) is 5.32 Å². The van der Waals surface area contributed by atoms with E-state index in [9.17, 15) is 14.4 Å². The fourth-order valence-corrected chi connectivity index (χ4v) is 3.94. The normalized spacial score (nSPS) is 14.6. The molecule has 3 rings (SSSR count). The zero-order valence-corrected chi connectivity index (χ0v) is 20.9. The van der Waals surface area contributed by atoms with Gasteiger partial charge in [0.25, 0.3) is 11.8 Å². The average molecular weight is 574 g/mol. The van der Waals surface area contributed by atoms with Gasteiger partial charge in [-0.1, -0.05) is 19.3 Å². The molecule has 2 aromatic rings. The van der Waals surface area contributed by atoms with Gasteiger partial charge in [-0.05, 0) is 77.0 Å². The number of rotatable bonds is 9. The van der Waals surface area contributed by atoms with Gasteiger partial charge in [0.15, 0.2) is 11.5 Å². The molecule has 34 heavy (non-hydrogen) atoms. The summed E-state index contributed by atoms with van der Waals surface area (Å²) >= 11 is 2.05. The molecular weight excluding hydrogens is 551 g/mol. The van der Waals surface area contributed by atoms with E-state index in [1.807, 2.05) is 22.6 Å². The van der Waals surface area contributed by atoms with Gasteiger partial charge in [0.1, 0.15) is 17.9 Å². The van der Waals surface area contributed by atoms with E-state index in [4.69, 9.17) is 20.6 Å². The second-order valence-electron chi connectivity index (χ2n) is 7.18. The summed E-state index contributed by atoms with van der Waals surface area (Å²) in [4.78, 5) is 39.0. The third-order valence-corrected chi connectivity index (χ3v) is 5.63. The molecule has 8 nitrogen and oxygen atoms in total. The van der Waals surface area contributed by atoms with Crippen LogP contribution < -0.4 is 24.4 Å². The van der Waals surface area contributed by atoms with Crippen LogP contribution in [0.1, 0.15) is 25.3 Å². The Hall–Kier alpha value is -3.52. The van der Waals surface area contributed by atoms with Gasteiger partial charge >= 0.3 is 6.03 Å². The highest BCUT2D eigenvalue weighted by molar-refractivity contribution is 14.1. The molecule has 0 radical (unpaired) electrons. The number of imide groups is 2. The maximum atomic E-state index is 13.2. The Kier molecular flexibility index (Phi) is 8.54. The number of hydrogen-bond donors (Lipinski definition) is 1. The SMILES string of the molecule is C#CCOc1c(I)cc(/C=C2/C(=O)NC(=O)N(c3ccc(OCCCC)cc3)C2=O)cc1OC. The zero-order chi connectivity index (χ0) is 24.7. The van der Waals surface area contributed by atoms with E-state index in [-0.39, 0.29) is 12.2 Å². The molecule has 0 saturated carbocycles. The van der Waals surface area contributed by atoms with Crippen molar-refractivity contribution in [1.29, 1.82) is 0 Å². The monoisotopic (exact) mass is 574 g/mol. The van der Waals surface area contributed by atoms with E-state index in [1.165, 1.54) is 13.2 Å². The number of carbonyl (C=O) groups is 3. The largest absolute Gasteiger partial charge is 0.494 e. The van der Waals surface area contributed by atoms with Gasteiger partial charge < -0.3 is 14.2 Å². The molecule has 0 bridgehead atoms. The second kappa shape index (κ2) is 11.6. The van der Waals surface area contributed by atoms with Crippen molar-refractivity contribution in [3.63, 3.8) is 0 Å². The molecule has 0 spiro atoms. The summed E-state index contributed by atoms with van der Waals surface area (Å²) in [5, 5.41) is 2.22. The Labute approximate surface area is 211 Å². The van der Waals surface area contributed by atoms with Crippen LogP contribution in [0.25, 0.3) is 6.08 Å². The lowest BCUT2D eigenvalue weighted by atomic mass is 10.1. The molecular formula is C25H23IN2O6. The molecule has 1 heterocycles. The topological polar surface area (TPSA) is 94.2 Å². The number of benzene rings is 2. The van der Waals surface area contributed by atoms with Crippen LogP contribution in [0.4, 0.5) is 10.5 Å². The number of urea groups is 1. The molecule has 1 saturated heterocycles. The Morgan fingerprint density at radius 2 is 1.88 bits per heavy atom. The Morgan fingerprint density at radius 1 is 1.15 bits per heavy atom. The highest BCUT2D eigenvalue weighted by atomic mass is 127. The second-order valence-corrected chi connectivity index (χ2v) is 8.34. The van der Waals surface area contributed by atoms with Crippen LogP contribution in [0.15, 0.2) is 42.0 Å². The maximum Gasteiger partial charge on any atom is 0.335 e. The molecule has 2 aromatic carbocycles. The molecule has 1 aliphatic heterocycles. The maximum absolute atomic E-state index is 13.2. The lowest BCUT2D eigenvalue weighted by molar-refractivity contribution is -0.122. The number of nitrogens with zero attached hydrogens (tertiary/aromatic N) is 1. The predicted octanol–water partition coefficient (Wildman–Crippen LogP) is 4.16. The summed E-state index contributed by atoms with van der Waals surface area (Å²) in [5.74, 6) is 2.35. The van der Waals surface area contributed by atoms with Crippen LogP contribution >= 0.6 is 22.6 Å². The highest BCUT2D eigenvalue weighted by Crippen LogP contribution is 2.35. The van der Waals surface area contributed by atoms with Gasteiger partial charge in [-0.2, -0.15) is 0 Å². The average Bonchev–Trinajstić information content (AvgIpc) is 2.81. The van der Waals surface area contributed by atoms with Gasteiger partial charge in [-0.3, -0.25) is 14.9 Å². The number of ether oxygens (including phenoxy) is 3. The Bertz CT molecular complexity index is 1170. The lowest BCUT2D eigenvalue weighted by Crippen LogP contribution is -2.54. The summed E-state index contributed by atoms with van der Waals surface area (Å²) < 4.78 is 17.2. The van der Waals surface area contributed by atoms with Crippen molar-refractivity contribution in [2.75, 3.05) is 25.2 Å². The summed E-state index contributed by atoms with van der Waals surface area (Å²) in [6, 6.07) is 9.04. The van der Waals surface area contributed by atoms with Crippen molar-refractivity contribution in [2.24, 2.45) is 0 Å². The summed E-state index contributed by atoms with van der Waals surface area (Å²) in [7, 11) is 1.47. The summed E-state index contributed by atoms with van der Waals surface area (Å²) in [6.07, 6.45) is 8.59. The van der Waals surface area contributed by atoms with E-state index in [2.05, 4.69) is 18.2 Å². The first-order chi connectivity index (χ1) is 16.4. The molecule has 1 aliphatic rings. The quantitative estimate of drug-likeness (QED) is 0.159. The fraction of sp³-hybridized carbons (Fsp3) is 0.240. The van der Waals surface area contributed by atoms with Crippen molar-refractivity contribution >= 4 is 52.2 Å². The minimum absolute atomic E-state index is 0.0627. The molecule has 4 amide bonds. The first-order valence-corrected chi connectivity index (χ1v) is 11.6. The van der Waals surface area contributed by atoms with Crippen LogP contribution in [0.2, 0.25) is 0 Å². The number of amides is 4. The van der Waals surface area contributed by atoms with Crippen molar-refractivity contribution in [3.05, 3.63) is 51.1 Å². The molecule has 1 fully saturated rings. The fourth-order valence-electron chi connectivity index (χ4n) is 3.16. The zero-order valence-electron chi connectivity index (χ0n) is 18.7. The molecule has 0 aliphatic carbocycles. The van der Waals surface area contributed by atoms with Gasteiger partial charge in [-0.25, -0.2) is 9.69 Å². The number of nitrogens with one attached hydrogen (secondary N) is 1. The van der Waals surface area contributed by atoms with E-state index in [1.54, 1.807) is 36.4 Å². The van der Waals surface area contributed by atoms with Crippen LogP contribution in [-0.2, 0) is 9.59 Å². The number of anilines is 1. The molecule has 0 atom stereocenters. The minimum Gasteiger partial charge on any atom is -0.494 e. The smallest absolute Gasteiger partial charge is 0.335 e. The molecule has 176 valence electrons. The van der Waals surface area contributed by atoms with Gasteiger partial charge in [0.2, 0.25) is 0 Å². The number of hydrogen-bond acceptors (Lipinski definition) is 6. The van der Waals surface area contributed by atoms with E-state index >= 15 is 0 Å². The Morgan fingerprint density at radius 3 is 2.53 bits per heavy atom. The highest BCUT2D eigenvalue weighted by Gasteiger charge is 2.36. The minimum atomic E-state index is -0.822. The number of methoxy groups -OCH3 is 1. The molecule has 0 unspecified atom stereocenters. The third-order valence-electron chi connectivity index (χ3n) is 4.83. The van der Waals surface area contributed by atoms with Crippen molar-refractivity contribution in [3.8, 4) is 29.6 Å². The standard InChI is InChI=1S/C25H23IN2O6/c1-4-6-12-33-18-9-7-17(8-10-18)28-24(30)19(23(29)27-25(28)31)13-16-14-20(26)22(34-11-5-2)21(15-16)32-3/h2,7-10,13-15H,4,6,11-12H2,1,3H3,(H,27,29,31)/b19-13-. The molecule has 9 heteroatoms. The Balaban J connectivity index is 1.90. The molecule has 0 aromatic heterocycles. The lowest BCUT2D eigenvalue weighted by Gasteiger charge is -2.26. The van der Waals surface area contributed by atoms with Crippen LogP contribution in [0.5, 0.6) is 17.2 Å². The van der Waals surface area contributed by atoms with E-state index < -0.39 is 17.8 Å². The van der Waals surface area contributed by atoms with Crippen LogP contribution in [0, 0.1) is 15.9 Å². The van der Waals surface area contributed by atoms with Gasteiger partial charge in [-0.15, -0.1) is 6.42 Å². The summed E-state index contributed by atoms with van der Waals surface area (Å²) in [6.45, 7) is 2.71. The number of unbranched alkanes of at least 4 members (excludes halogenated alkanes) is 1. The van der Waals surface area contributed by atoms with Gasteiger partial charge in [0.05, 0.1) is 23.0 Å². The first-order valence-electron chi connectivity index (χ1n) is 10.5. The molecule has 1 N–H and O–H groups in total. The van der Waals surface area contributed by atoms with Crippen molar-refractivity contribution in [2.45, 2.75) is 19.8 Å². The third kappa shape index (κ3) is 5.69. The van der Waals surface area contributed by atoms with Crippen molar-refractivity contribution < 1.29 is 28.6 Å². The first kappa shape index (κ1) is 25.1. The van der Waals surface area contributed by atoms with Crippen LogP contribution in [-0.4, -0.2) is 38.2 Å².